The predicted octanol–water partition coefficient (Wildman–Crippen LogP) is 2.02. The van der Waals surface area contributed by atoms with Gasteiger partial charge in [-0.05, 0) is 12.5 Å². The van der Waals surface area contributed by atoms with Gasteiger partial charge in [-0.15, -0.1) is 0 Å². The number of aromatic nitrogens is 1. The second kappa shape index (κ2) is 6.58. The van der Waals surface area contributed by atoms with Crippen LogP contribution in [-0.4, -0.2) is 17.6 Å². The second-order valence-electron chi connectivity index (χ2n) is 4.21. The number of urea groups is 1. The molecule has 0 spiro atoms. The lowest BCUT2D eigenvalue weighted by atomic mass is 10.2. The molecule has 0 radical (unpaired) electrons. The summed E-state index contributed by atoms with van der Waals surface area (Å²) in [4.78, 5) is 15.6. The molecule has 0 unspecified atom stereocenters. The smallest absolute Gasteiger partial charge is 0.315 e. The monoisotopic (exact) mass is 259 g/mol. The Balaban J connectivity index is 1.65. The van der Waals surface area contributed by atoms with Crippen LogP contribution in [0.15, 0.2) is 40.9 Å². The van der Waals surface area contributed by atoms with Crippen molar-refractivity contribution >= 4 is 6.03 Å². The van der Waals surface area contributed by atoms with Crippen LogP contribution in [0.1, 0.15) is 17.2 Å². The highest BCUT2D eigenvalue weighted by atomic mass is 16.4. The zero-order valence-electron chi connectivity index (χ0n) is 10.8. The summed E-state index contributed by atoms with van der Waals surface area (Å²) < 4.78 is 5.31. The maximum absolute atomic E-state index is 11.5. The lowest BCUT2D eigenvalue weighted by Crippen LogP contribution is -2.36. The zero-order chi connectivity index (χ0) is 13.5. The summed E-state index contributed by atoms with van der Waals surface area (Å²) in [6.07, 6.45) is 2.26. The van der Waals surface area contributed by atoms with Crippen molar-refractivity contribution in [1.82, 2.24) is 15.6 Å². The molecule has 0 atom stereocenters. The minimum Gasteiger partial charge on any atom is -0.446 e. The van der Waals surface area contributed by atoms with Gasteiger partial charge in [-0.3, -0.25) is 0 Å². The van der Waals surface area contributed by atoms with E-state index in [1.807, 2.05) is 37.3 Å². The molecule has 0 aliphatic heterocycles. The molecular weight excluding hydrogens is 242 g/mol. The van der Waals surface area contributed by atoms with E-state index in [0.29, 0.717) is 25.4 Å². The summed E-state index contributed by atoms with van der Waals surface area (Å²) in [5.41, 5.74) is 1.07. The van der Waals surface area contributed by atoms with Crippen molar-refractivity contribution in [1.29, 1.82) is 0 Å². The number of oxazole rings is 1. The van der Waals surface area contributed by atoms with Gasteiger partial charge < -0.3 is 15.1 Å². The largest absolute Gasteiger partial charge is 0.446 e. The van der Waals surface area contributed by atoms with Crippen LogP contribution in [0.4, 0.5) is 4.79 Å². The first-order valence-electron chi connectivity index (χ1n) is 6.21. The first kappa shape index (κ1) is 13.1. The molecule has 5 heteroatoms. The van der Waals surface area contributed by atoms with E-state index in [-0.39, 0.29) is 6.03 Å². The SMILES string of the molecule is Cc1cnc(CCNC(=O)NCc2ccccc2)o1. The van der Waals surface area contributed by atoms with Gasteiger partial charge in [0.2, 0.25) is 0 Å². The fourth-order valence-corrected chi connectivity index (χ4v) is 1.64. The average Bonchev–Trinajstić information content (AvgIpc) is 2.83. The number of hydrogen-bond donors (Lipinski definition) is 2. The van der Waals surface area contributed by atoms with E-state index in [1.165, 1.54) is 0 Å². The van der Waals surface area contributed by atoms with E-state index in [0.717, 1.165) is 11.3 Å². The lowest BCUT2D eigenvalue weighted by Gasteiger charge is -2.06. The highest BCUT2D eigenvalue weighted by Gasteiger charge is 2.03. The number of nitrogens with zero attached hydrogens (tertiary/aromatic N) is 1. The van der Waals surface area contributed by atoms with Gasteiger partial charge in [-0.2, -0.15) is 0 Å². The molecular formula is C14H17N3O2. The van der Waals surface area contributed by atoms with Gasteiger partial charge in [0.15, 0.2) is 5.89 Å². The maximum atomic E-state index is 11.5. The van der Waals surface area contributed by atoms with Crippen molar-refractivity contribution < 1.29 is 9.21 Å². The molecule has 1 heterocycles. The number of nitrogens with one attached hydrogen (secondary N) is 2. The van der Waals surface area contributed by atoms with Gasteiger partial charge in [-0.25, -0.2) is 9.78 Å². The number of benzene rings is 1. The van der Waals surface area contributed by atoms with E-state index in [2.05, 4.69) is 15.6 Å². The van der Waals surface area contributed by atoms with Crippen LogP contribution in [0.3, 0.4) is 0 Å². The van der Waals surface area contributed by atoms with Crippen LogP contribution in [0.2, 0.25) is 0 Å². The van der Waals surface area contributed by atoms with E-state index in [4.69, 9.17) is 4.42 Å². The minimum absolute atomic E-state index is 0.188. The first-order valence-corrected chi connectivity index (χ1v) is 6.21. The molecule has 2 amide bonds. The highest BCUT2D eigenvalue weighted by molar-refractivity contribution is 5.73. The zero-order valence-corrected chi connectivity index (χ0v) is 10.8. The van der Waals surface area contributed by atoms with E-state index < -0.39 is 0 Å². The highest BCUT2D eigenvalue weighted by Crippen LogP contribution is 2.01. The Labute approximate surface area is 112 Å². The Morgan fingerprint density at radius 3 is 2.74 bits per heavy atom. The maximum Gasteiger partial charge on any atom is 0.315 e. The van der Waals surface area contributed by atoms with Crippen molar-refractivity contribution in [2.24, 2.45) is 0 Å². The summed E-state index contributed by atoms with van der Waals surface area (Å²) in [5, 5.41) is 5.55. The molecule has 0 bridgehead atoms. The van der Waals surface area contributed by atoms with Crippen molar-refractivity contribution in [3.63, 3.8) is 0 Å². The number of hydrogen-bond acceptors (Lipinski definition) is 3. The average molecular weight is 259 g/mol. The predicted molar refractivity (Wildman–Crippen MR) is 71.6 cm³/mol. The quantitative estimate of drug-likeness (QED) is 0.863. The molecule has 2 rings (SSSR count). The van der Waals surface area contributed by atoms with E-state index in [9.17, 15) is 4.79 Å². The Kier molecular flexibility index (Phi) is 4.55. The van der Waals surface area contributed by atoms with Crippen molar-refractivity contribution in [3.8, 4) is 0 Å². The number of carbonyl (C=O) groups is 1. The van der Waals surface area contributed by atoms with Crippen LogP contribution in [0.25, 0.3) is 0 Å². The number of aryl methyl sites for hydroxylation is 1. The topological polar surface area (TPSA) is 67.2 Å². The molecule has 5 nitrogen and oxygen atoms in total. The van der Waals surface area contributed by atoms with E-state index in [1.54, 1.807) is 6.20 Å². The number of rotatable bonds is 5. The first-order chi connectivity index (χ1) is 9.24. The molecule has 0 fully saturated rings. The summed E-state index contributed by atoms with van der Waals surface area (Å²) in [6.45, 7) is 2.86. The Morgan fingerprint density at radius 2 is 2.05 bits per heavy atom. The Bertz CT molecular complexity index is 522. The summed E-state index contributed by atoms with van der Waals surface area (Å²) >= 11 is 0. The third-order valence-corrected chi connectivity index (χ3v) is 2.59. The van der Waals surface area contributed by atoms with Crippen molar-refractivity contribution in [3.05, 3.63) is 53.7 Å². The molecule has 1 aromatic heterocycles. The molecule has 100 valence electrons. The molecule has 2 N–H and O–H groups in total. The number of amides is 2. The van der Waals surface area contributed by atoms with Crippen LogP contribution in [-0.2, 0) is 13.0 Å². The third kappa shape index (κ3) is 4.46. The van der Waals surface area contributed by atoms with Gasteiger partial charge in [0.1, 0.15) is 5.76 Å². The van der Waals surface area contributed by atoms with E-state index >= 15 is 0 Å². The van der Waals surface area contributed by atoms with Crippen molar-refractivity contribution in [2.45, 2.75) is 19.9 Å². The summed E-state index contributed by atoms with van der Waals surface area (Å²) in [6, 6.07) is 9.58. The lowest BCUT2D eigenvalue weighted by molar-refractivity contribution is 0.240. The third-order valence-electron chi connectivity index (χ3n) is 2.59. The minimum atomic E-state index is -0.188. The van der Waals surface area contributed by atoms with Crippen LogP contribution in [0, 0.1) is 6.92 Å². The van der Waals surface area contributed by atoms with Crippen LogP contribution < -0.4 is 10.6 Å². The summed E-state index contributed by atoms with van der Waals surface area (Å²) in [5.74, 6) is 1.42. The molecule has 0 aliphatic rings. The van der Waals surface area contributed by atoms with Gasteiger partial charge >= 0.3 is 6.03 Å². The molecule has 1 aromatic carbocycles. The van der Waals surface area contributed by atoms with Crippen molar-refractivity contribution in [2.75, 3.05) is 6.54 Å². The fourth-order valence-electron chi connectivity index (χ4n) is 1.64. The van der Waals surface area contributed by atoms with Gasteiger partial charge in [0, 0.05) is 19.5 Å². The standard InChI is InChI=1S/C14H17N3O2/c1-11-9-16-13(19-11)7-8-15-14(18)17-10-12-5-3-2-4-6-12/h2-6,9H,7-8,10H2,1H3,(H2,15,17,18). The van der Waals surface area contributed by atoms with Crippen LogP contribution in [0.5, 0.6) is 0 Å². The Hall–Kier alpha value is -2.30. The van der Waals surface area contributed by atoms with Gasteiger partial charge in [0.25, 0.3) is 0 Å². The molecule has 0 aliphatic carbocycles. The molecule has 0 saturated heterocycles. The number of carbonyl (C=O) groups excluding carboxylic acids is 1. The fraction of sp³-hybridized carbons (Fsp3) is 0.286. The van der Waals surface area contributed by atoms with Crippen LogP contribution >= 0.6 is 0 Å². The molecule has 19 heavy (non-hydrogen) atoms. The second-order valence-corrected chi connectivity index (χ2v) is 4.21. The Morgan fingerprint density at radius 1 is 1.26 bits per heavy atom. The van der Waals surface area contributed by atoms with Gasteiger partial charge in [-0.1, -0.05) is 30.3 Å². The van der Waals surface area contributed by atoms with Gasteiger partial charge in [0.05, 0.1) is 6.20 Å². The summed E-state index contributed by atoms with van der Waals surface area (Å²) in [7, 11) is 0. The normalized spacial score (nSPS) is 10.2. The molecule has 2 aromatic rings. The molecule has 0 saturated carbocycles.